The first-order valence-corrected chi connectivity index (χ1v) is 10.4. The highest BCUT2D eigenvalue weighted by atomic mass is 35.5. The monoisotopic (exact) mass is 450 g/mol. The van der Waals surface area contributed by atoms with Crippen molar-refractivity contribution in [1.82, 2.24) is 34.1 Å². The molecule has 1 aliphatic heterocycles. The maximum Gasteiger partial charge on any atom is 0.284 e. The zero-order valence-corrected chi connectivity index (χ0v) is 17.3. The van der Waals surface area contributed by atoms with Gasteiger partial charge in [0.2, 0.25) is 0 Å². The Bertz CT molecular complexity index is 1510. The van der Waals surface area contributed by atoms with Crippen LogP contribution in [0.3, 0.4) is 0 Å². The van der Waals surface area contributed by atoms with Crippen LogP contribution >= 0.6 is 11.6 Å². The SMILES string of the molecule is O=c1c2c(Cl)ccn2nc([C@@H]2C[C@H](F)CN2c2ncnc3nc[nH]c23)n1-c1ccccc1. The van der Waals surface area contributed by atoms with Crippen LogP contribution in [0.1, 0.15) is 18.3 Å². The quantitative estimate of drug-likeness (QED) is 0.453. The molecule has 5 heterocycles. The first-order chi connectivity index (χ1) is 15.6. The van der Waals surface area contributed by atoms with Crippen LogP contribution in [0.4, 0.5) is 10.2 Å². The normalized spacial score (nSPS) is 18.8. The van der Waals surface area contributed by atoms with Gasteiger partial charge in [0.1, 0.15) is 23.5 Å². The van der Waals surface area contributed by atoms with Crippen molar-refractivity contribution in [2.75, 3.05) is 11.4 Å². The molecule has 0 unspecified atom stereocenters. The predicted molar refractivity (Wildman–Crippen MR) is 117 cm³/mol. The minimum absolute atomic E-state index is 0.102. The smallest absolute Gasteiger partial charge is 0.284 e. The Morgan fingerprint density at radius 3 is 2.81 bits per heavy atom. The fourth-order valence-electron chi connectivity index (χ4n) is 4.32. The molecule has 0 amide bonds. The van der Waals surface area contributed by atoms with Gasteiger partial charge in [0.15, 0.2) is 17.3 Å². The maximum atomic E-state index is 14.8. The van der Waals surface area contributed by atoms with Gasteiger partial charge >= 0.3 is 0 Å². The number of nitrogens with zero attached hydrogens (tertiary/aromatic N) is 7. The predicted octanol–water partition coefficient (Wildman–Crippen LogP) is 3.09. The second-order valence-electron chi connectivity index (χ2n) is 7.59. The molecular formula is C21H16ClFN8O. The third-order valence-electron chi connectivity index (χ3n) is 5.70. The molecule has 1 aromatic carbocycles. The molecule has 11 heteroatoms. The number of rotatable bonds is 3. The van der Waals surface area contributed by atoms with E-state index in [-0.39, 0.29) is 24.0 Å². The minimum Gasteiger partial charge on any atom is -0.341 e. The molecule has 1 saturated heterocycles. The maximum absolute atomic E-state index is 14.8. The van der Waals surface area contributed by atoms with Crippen molar-refractivity contribution in [3.8, 4) is 5.69 Å². The number of alkyl halides is 1. The topological polar surface area (TPSA) is 97.0 Å². The summed E-state index contributed by atoms with van der Waals surface area (Å²) in [5.41, 5.74) is 1.64. The van der Waals surface area contributed by atoms with E-state index in [1.165, 1.54) is 21.7 Å². The molecule has 0 spiro atoms. The molecule has 1 fully saturated rings. The van der Waals surface area contributed by atoms with Gasteiger partial charge in [-0.3, -0.25) is 9.36 Å². The van der Waals surface area contributed by atoms with Crippen LogP contribution in [0.2, 0.25) is 5.02 Å². The molecule has 2 atom stereocenters. The lowest BCUT2D eigenvalue weighted by Crippen LogP contribution is -2.33. The first-order valence-electron chi connectivity index (χ1n) is 10.0. The summed E-state index contributed by atoms with van der Waals surface area (Å²) in [4.78, 5) is 31.1. The number of imidazole rings is 1. The standard InChI is InChI=1S/C21H16ClFN8O/c22-14-6-7-30-17(14)21(32)31(13-4-2-1-3-5-13)19(28-30)15-8-12(23)9-29(15)20-16-18(25-10-24-16)26-11-27-20/h1-7,10-12,15H,8-9H2,(H,24,25,26,27)/t12-,15-/m0/s1. The summed E-state index contributed by atoms with van der Waals surface area (Å²) in [5.74, 6) is 0.907. The Kier molecular flexibility index (Phi) is 4.22. The summed E-state index contributed by atoms with van der Waals surface area (Å²) in [5, 5.41) is 5.02. The number of fused-ring (bicyclic) bond motifs is 2. The van der Waals surface area contributed by atoms with Crippen LogP contribution in [-0.4, -0.2) is 46.8 Å². The van der Waals surface area contributed by atoms with Gasteiger partial charge in [-0.25, -0.2) is 23.9 Å². The van der Waals surface area contributed by atoms with E-state index in [0.717, 1.165) is 0 Å². The van der Waals surface area contributed by atoms with E-state index in [4.69, 9.17) is 16.7 Å². The van der Waals surface area contributed by atoms with Gasteiger partial charge in [0.05, 0.1) is 29.6 Å². The third-order valence-corrected chi connectivity index (χ3v) is 6.00. The third kappa shape index (κ3) is 2.79. The Morgan fingerprint density at radius 1 is 1.12 bits per heavy atom. The number of benzene rings is 1. The van der Waals surface area contributed by atoms with Crippen LogP contribution in [0, 0.1) is 0 Å². The molecule has 4 aromatic heterocycles. The number of H-pyrrole nitrogens is 1. The number of halogens is 2. The zero-order chi connectivity index (χ0) is 21.8. The molecule has 5 aromatic rings. The second kappa shape index (κ2) is 7.13. The van der Waals surface area contributed by atoms with Gasteiger partial charge in [0.25, 0.3) is 5.56 Å². The van der Waals surface area contributed by atoms with E-state index in [1.54, 1.807) is 12.3 Å². The average molecular weight is 451 g/mol. The zero-order valence-electron chi connectivity index (χ0n) is 16.6. The molecule has 32 heavy (non-hydrogen) atoms. The summed E-state index contributed by atoms with van der Waals surface area (Å²) >= 11 is 6.28. The van der Waals surface area contributed by atoms with E-state index in [2.05, 4.69) is 19.9 Å². The van der Waals surface area contributed by atoms with Crippen molar-refractivity contribution in [1.29, 1.82) is 0 Å². The summed E-state index contributed by atoms with van der Waals surface area (Å²) in [7, 11) is 0. The number of anilines is 1. The number of hydrogen-bond acceptors (Lipinski definition) is 6. The molecule has 0 saturated carbocycles. The van der Waals surface area contributed by atoms with Gasteiger partial charge in [-0.15, -0.1) is 0 Å². The van der Waals surface area contributed by atoms with E-state index in [9.17, 15) is 9.18 Å². The number of aromatic amines is 1. The molecular weight excluding hydrogens is 435 g/mol. The van der Waals surface area contributed by atoms with Gasteiger partial charge in [-0.1, -0.05) is 29.8 Å². The Morgan fingerprint density at radius 2 is 1.97 bits per heavy atom. The highest BCUT2D eigenvalue weighted by Crippen LogP contribution is 2.38. The lowest BCUT2D eigenvalue weighted by molar-refractivity contribution is 0.354. The number of nitrogens with one attached hydrogen (secondary N) is 1. The van der Waals surface area contributed by atoms with Crippen LogP contribution < -0.4 is 10.5 Å². The highest BCUT2D eigenvalue weighted by Gasteiger charge is 2.39. The Hall–Kier alpha value is -3.79. The van der Waals surface area contributed by atoms with Crippen molar-refractivity contribution in [2.24, 2.45) is 0 Å². The van der Waals surface area contributed by atoms with Gasteiger partial charge in [-0.2, -0.15) is 5.10 Å². The molecule has 1 aliphatic rings. The van der Waals surface area contributed by atoms with Crippen molar-refractivity contribution in [3.05, 3.63) is 76.5 Å². The lowest BCUT2D eigenvalue weighted by atomic mass is 10.1. The molecule has 0 bridgehead atoms. The minimum atomic E-state index is -1.13. The largest absolute Gasteiger partial charge is 0.341 e. The van der Waals surface area contributed by atoms with Gasteiger partial charge in [-0.05, 0) is 18.2 Å². The van der Waals surface area contributed by atoms with E-state index < -0.39 is 12.2 Å². The summed E-state index contributed by atoms with van der Waals surface area (Å²) in [6, 6.07) is 10.2. The van der Waals surface area contributed by atoms with Gasteiger partial charge < -0.3 is 9.88 Å². The van der Waals surface area contributed by atoms with Crippen molar-refractivity contribution < 1.29 is 4.39 Å². The van der Waals surface area contributed by atoms with Crippen molar-refractivity contribution in [2.45, 2.75) is 18.6 Å². The number of hydrogen-bond donors (Lipinski definition) is 1. The highest BCUT2D eigenvalue weighted by molar-refractivity contribution is 6.33. The number of aromatic nitrogens is 7. The van der Waals surface area contributed by atoms with Crippen molar-refractivity contribution in [3.63, 3.8) is 0 Å². The van der Waals surface area contributed by atoms with Crippen LogP contribution in [-0.2, 0) is 0 Å². The Balaban J connectivity index is 1.61. The molecule has 9 nitrogen and oxygen atoms in total. The van der Waals surface area contributed by atoms with Crippen LogP contribution in [0.5, 0.6) is 0 Å². The summed E-state index contributed by atoms with van der Waals surface area (Å²) in [6.45, 7) is 0.102. The summed E-state index contributed by atoms with van der Waals surface area (Å²) in [6.07, 6.45) is 3.57. The fraction of sp³-hybridized carbons (Fsp3) is 0.190. The van der Waals surface area contributed by atoms with E-state index >= 15 is 0 Å². The number of para-hydroxylation sites is 1. The second-order valence-corrected chi connectivity index (χ2v) is 8.00. The molecule has 6 rings (SSSR count). The molecule has 1 N–H and O–H groups in total. The molecule has 160 valence electrons. The average Bonchev–Trinajstić information content (AvgIpc) is 3.52. The molecule has 0 radical (unpaired) electrons. The lowest BCUT2D eigenvalue weighted by Gasteiger charge is -2.27. The van der Waals surface area contributed by atoms with E-state index in [0.29, 0.717) is 33.5 Å². The first kappa shape index (κ1) is 18.9. The van der Waals surface area contributed by atoms with Crippen molar-refractivity contribution >= 4 is 34.1 Å². The van der Waals surface area contributed by atoms with Crippen LogP contribution in [0.15, 0.2) is 60.0 Å². The Labute approximate surface area is 185 Å². The van der Waals surface area contributed by atoms with E-state index in [1.807, 2.05) is 35.2 Å². The fourth-order valence-corrected chi connectivity index (χ4v) is 4.55. The van der Waals surface area contributed by atoms with Crippen LogP contribution in [0.25, 0.3) is 22.4 Å². The van der Waals surface area contributed by atoms with Gasteiger partial charge in [0, 0.05) is 12.6 Å². The summed E-state index contributed by atoms with van der Waals surface area (Å²) < 4.78 is 17.8. The molecule has 0 aliphatic carbocycles.